The number of aromatic amines is 1. The van der Waals surface area contributed by atoms with E-state index in [1.807, 2.05) is 37.3 Å². The van der Waals surface area contributed by atoms with Gasteiger partial charge in [0.1, 0.15) is 15.3 Å². The van der Waals surface area contributed by atoms with Crippen molar-refractivity contribution in [3.8, 4) is 16.5 Å². The Morgan fingerprint density at radius 3 is 2.51 bits per heavy atom. The Balaban J connectivity index is 1.49. The van der Waals surface area contributed by atoms with Gasteiger partial charge < -0.3 is 14.6 Å². The molecule has 1 aliphatic rings. The van der Waals surface area contributed by atoms with Crippen LogP contribution in [-0.2, 0) is 23.5 Å². The van der Waals surface area contributed by atoms with Gasteiger partial charge in [-0.1, -0.05) is 31.5 Å². The normalized spacial score (nSPS) is 14.9. The predicted molar refractivity (Wildman–Crippen MR) is 145 cm³/mol. The van der Waals surface area contributed by atoms with Gasteiger partial charge in [0.15, 0.2) is 17.1 Å². The standard InChI is InChI=1S/C25H30N6O4S2/c1-4-9-18-20-21(29(3)28-18)25(32)27-24(26-20)23-22(35-5-2)19(16-36-23)37(33,34)31-14-12-30(13-15-31)17-10-7-6-8-11-17/h6-8,10-11,16H,4-5,9,12-15H2,1-3H3,(H,26,27,32). The molecule has 1 aromatic carbocycles. The Morgan fingerprint density at radius 1 is 1.11 bits per heavy atom. The molecule has 0 aliphatic carbocycles. The lowest BCUT2D eigenvalue weighted by Gasteiger charge is -2.35. The van der Waals surface area contributed by atoms with Gasteiger partial charge in [-0.3, -0.25) is 9.48 Å². The van der Waals surface area contributed by atoms with Crippen LogP contribution in [0.2, 0.25) is 0 Å². The van der Waals surface area contributed by atoms with E-state index >= 15 is 0 Å². The number of fused-ring (bicyclic) bond motifs is 1. The molecule has 1 fully saturated rings. The van der Waals surface area contributed by atoms with Gasteiger partial charge in [0.2, 0.25) is 10.0 Å². The second-order valence-corrected chi connectivity index (χ2v) is 11.6. The first-order chi connectivity index (χ1) is 17.8. The summed E-state index contributed by atoms with van der Waals surface area (Å²) in [6.45, 7) is 6.03. The van der Waals surface area contributed by atoms with Gasteiger partial charge >= 0.3 is 0 Å². The minimum Gasteiger partial charge on any atom is -0.491 e. The van der Waals surface area contributed by atoms with E-state index < -0.39 is 10.0 Å². The van der Waals surface area contributed by atoms with Crippen LogP contribution in [0.3, 0.4) is 0 Å². The largest absolute Gasteiger partial charge is 0.491 e. The third kappa shape index (κ3) is 4.64. The molecule has 0 amide bonds. The van der Waals surface area contributed by atoms with E-state index in [1.165, 1.54) is 15.6 Å². The van der Waals surface area contributed by atoms with Crippen molar-refractivity contribution in [3.05, 3.63) is 51.8 Å². The molecular weight excluding hydrogens is 512 g/mol. The first-order valence-corrected chi connectivity index (χ1v) is 14.7. The van der Waals surface area contributed by atoms with Gasteiger partial charge in [0.05, 0.1) is 12.3 Å². The lowest BCUT2D eigenvalue weighted by Crippen LogP contribution is -2.48. The first-order valence-electron chi connectivity index (χ1n) is 12.4. The fourth-order valence-corrected chi connectivity index (χ4v) is 7.51. The SMILES string of the molecule is CCCc1nn(C)c2c(=O)[nH]c(-c3scc(S(=O)(=O)N4CCN(c5ccccc5)CC4)c3OCC)nc12. The maximum atomic E-state index is 13.7. The van der Waals surface area contributed by atoms with Crippen molar-refractivity contribution in [1.29, 1.82) is 0 Å². The summed E-state index contributed by atoms with van der Waals surface area (Å²) < 4.78 is 36.4. The zero-order valence-corrected chi connectivity index (χ0v) is 22.7. The van der Waals surface area contributed by atoms with Crippen molar-refractivity contribution in [1.82, 2.24) is 24.1 Å². The van der Waals surface area contributed by atoms with Gasteiger partial charge in [0.25, 0.3) is 5.56 Å². The number of piperazine rings is 1. The third-order valence-electron chi connectivity index (χ3n) is 6.44. The van der Waals surface area contributed by atoms with E-state index in [0.29, 0.717) is 48.5 Å². The van der Waals surface area contributed by atoms with Crippen LogP contribution in [0.5, 0.6) is 5.75 Å². The Kier molecular flexibility index (Phi) is 7.06. The molecule has 0 saturated carbocycles. The summed E-state index contributed by atoms with van der Waals surface area (Å²) in [6.07, 6.45) is 1.55. The minimum absolute atomic E-state index is 0.102. The smallest absolute Gasteiger partial charge is 0.277 e. The fraction of sp³-hybridized carbons (Fsp3) is 0.400. The molecule has 3 aromatic heterocycles. The average molecular weight is 543 g/mol. The number of nitrogens with zero attached hydrogens (tertiary/aromatic N) is 5. The number of aromatic nitrogens is 4. The number of aryl methyl sites for hydroxylation is 2. The maximum absolute atomic E-state index is 13.7. The molecule has 0 radical (unpaired) electrons. The molecule has 0 unspecified atom stereocenters. The number of nitrogens with one attached hydrogen (secondary N) is 1. The molecule has 0 bridgehead atoms. The minimum atomic E-state index is -3.82. The highest BCUT2D eigenvalue weighted by atomic mass is 32.2. The van der Waals surface area contributed by atoms with Crippen molar-refractivity contribution in [2.24, 2.45) is 7.05 Å². The van der Waals surface area contributed by atoms with Gasteiger partial charge in [-0.2, -0.15) is 9.40 Å². The van der Waals surface area contributed by atoms with E-state index in [2.05, 4.69) is 15.0 Å². The average Bonchev–Trinajstić information content (AvgIpc) is 3.46. The molecule has 5 rings (SSSR count). The summed E-state index contributed by atoms with van der Waals surface area (Å²) >= 11 is 1.20. The summed E-state index contributed by atoms with van der Waals surface area (Å²) in [5.41, 5.74) is 2.42. The third-order valence-corrected chi connectivity index (χ3v) is 9.47. The van der Waals surface area contributed by atoms with Crippen LogP contribution in [0.25, 0.3) is 21.7 Å². The Morgan fingerprint density at radius 2 is 1.84 bits per heavy atom. The van der Waals surface area contributed by atoms with E-state index in [1.54, 1.807) is 24.0 Å². The highest BCUT2D eigenvalue weighted by Crippen LogP contribution is 2.42. The van der Waals surface area contributed by atoms with Crippen LogP contribution in [0.15, 0.2) is 45.4 Å². The van der Waals surface area contributed by atoms with Gasteiger partial charge in [0, 0.05) is 44.3 Å². The van der Waals surface area contributed by atoms with Crippen molar-refractivity contribution in [2.75, 3.05) is 37.7 Å². The second kappa shape index (κ2) is 10.3. The van der Waals surface area contributed by atoms with E-state index in [9.17, 15) is 13.2 Å². The molecule has 4 aromatic rings. The summed E-state index contributed by atoms with van der Waals surface area (Å²) in [5, 5.41) is 6.05. The molecule has 196 valence electrons. The Hall–Kier alpha value is -3.22. The predicted octanol–water partition coefficient (Wildman–Crippen LogP) is 3.25. The molecule has 37 heavy (non-hydrogen) atoms. The van der Waals surface area contributed by atoms with E-state index in [0.717, 1.165) is 17.8 Å². The molecular formula is C25H30N6O4S2. The van der Waals surface area contributed by atoms with Crippen LogP contribution in [0.1, 0.15) is 26.0 Å². The molecule has 10 nitrogen and oxygen atoms in total. The lowest BCUT2D eigenvalue weighted by molar-refractivity contribution is 0.330. The number of anilines is 1. The number of hydrogen-bond acceptors (Lipinski definition) is 8. The maximum Gasteiger partial charge on any atom is 0.277 e. The number of H-pyrrole nitrogens is 1. The van der Waals surface area contributed by atoms with Crippen LogP contribution in [-0.4, -0.2) is 65.3 Å². The van der Waals surface area contributed by atoms with Crippen LogP contribution in [0.4, 0.5) is 5.69 Å². The van der Waals surface area contributed by atoms with Crippen LogP contribution in [0, 0.1) is 0 Å². The van der Waals surface area contributed by atoms with E-state index in [-0.39, 0.29) is 28.6 Å². The van der Waals surface area contributed by atoms with Crippen molar-refractivity contribution in [3.63, 3.8) is 0 Å². The van der Waals surface area contributed by atoms with Crippen LogP contribution < -0.4 is 15.2 Å². The molecule has 0 spiro atoms. The second-order valence-electron chi connectivity index (χ2n) is 8.85. The quantitative estimate of drug-likeness (QED) is 0.364. The molecule has 1 aliphatic heterocycles. The fourth-order valence-electron chi connectivity index (χ4n) is 4.68. The van der Waals surface area contributed by atoms with Crippen molar-refractivity contribution in [2.45, 2.75) is 31.6 Å². The molecule has 1 N–H and O–H groups in total. The highest BCUT2D eigenvalue weighted by Gasteiger charge is 2.34. The molecule has 0 atom stereocenters. The number of rotatable bonds is 8. The van der Waals surface area contributed by atoms with Gasteiger partial charge in [-0.15, -0.1) is 11.3 Å². The van der Waals surface area contributed by atoms with Crippen molar-refractivity contribution < 1.29 is 13.2 Å². The number of benzene rings is 1. The lowest BCUT2D eigenvalue weighted by atomic mass is 10.2. The summed E-state index contributed by atoms with van der Waals surface area (Å²) in [6, 6.07) is 9.98. The number of para-hydroxylation sites is 1. The number of ether oxygens (including phenoxy) is 1. The number of sulfonamides is 1. The van der Waals surface area contributed by atoms with E-state index in [4.69, 9.17) is 9.72 Å². The van der Waals surface area contributed by atoms with Crippen molar-refractivity contribution >= 4 is 38.1 Å². The van der Waals surface area contributed by atoms with Crippen LogP contribution >= 0.6 is 11.3 Å². The Labute approximate surface area is 219 Å². The zero-order valence-electron chi connectivity index (χ0n) is 21.1. The number of hydrogen-bond donors (Lipinski definition) is 1. The Bertz CT molecular complexity index is 1570. The van der Waals surface area contributed by atoms with Gasteiger partial charge in [-0.05, 0) is 25.5 Å². The van der Waals surface area contributed by atoms with Gasteiger partial charge in [-0.25, -0.2) is 13.4 Å². The zero-order chi connectivity index (χ0) is 26.2. The monoisotopic (exact) mass is 542 g/mol. The molecule has 1 saturated heterocycles. The highest BCUT2D eigenvalue weighted by molar-refractivity contribution is 7.89. The first kappa shape index (κ1) is 25.4. The summed E-state index contributed by atoms with van der Waals surface area (Å²) in [5.74, 6) is 0.507. The summed E-state index contributed by atoms with van der Waals surface area (Å²) in [4.78, 5) is 23.3. The molecule has 12 heteroatoms. The topological polar surface area (TPSA) is 113 Å². The number of thiophene rings is 1. The summed E-state index contributed by atoms with van der Waals surface area (Å²) in [7, 11) is -2.10. The molecule has 4 heterocycles.